The van der Waals surface area contributed by atoms with Crippen LogP contribution in [0.3, 0.4) is 0 Å². The van der Waals surface area contributed by atoms with E-state index in [0.29, 0.717) is 18.2 Å². The maximum Gasteiger partial charge on any atom is 0.366 e. The van der Waals surface area contributed by atoms with Gasteiger partial charge in [0.05, 0.1) is 0 Å². The number of benzene rings is 1. The van der Waals surface area contributed by atoms with Crippen LogP contribution in [0.5, 0.6) is 0 Å². The topological polar surface area (TPSA) is 83.8 Å². The van der Waals surface area contributed by atoms with Crippen molar-refractivity contribution >= 4 is 11.5 Å². The summed E-state index contributed by atoms with van der Waals surface area (Å²) in [5, 5.41) is 19.8. The van der Waals surface area contributed by atoms with E-state index >= 15 is 0 Å². The number of nitro groups is 1. The molecule has 0 radical (unpaired) electrons. The molecule has 0 spiro atoms. The molecular formula is C12H12N4O2. The monoisotopic (exact) mass is 244 g/mol. The molecule has 0 fully saturated rings. The van der Waals surface area contributed by atoms with Crippen molar-refractivity contribution in [2.75, 3.05) is 11.9 Å². The lowest BCUT2D eigenvalue weighted by Gasteiger charge is -2.30. The van der Waals surface area contributed by atoms with Gasteiger partial charge in [-0.1, -0.05) is 29.4 Å². The van der Waals surface area contributed by atoms with E-state index < -0.39 is 4.92 Å². The third-order valence-corrected chi connectivity index (χ3v) is 3.30. The van der Waals surface area contributed by atoms with Crippen LogP contribution in [0.4, 0.5) is 11.5 Å². The van der Waals surface area contributed by atoms with Gasteiger partial charge in [0.15, 0.2) is 5.69 Å². The summed E-state index contributed by atoms with van der Waals surface area (Å²) in [5.41, 5.74) is 3.14. The van der Waals surface area contributed by atoms with Gasteiger partial charge in [-0.05, 0) is 22.5 Å². The Morgan fingerprint density at radius 1 is 1.50 bits per heavy atom. The Morgan fingerprint density at radius 2 is 2.33 bits per heavy atom. The molecule has 2 N–H and O–H groups in total. The number of rotatable bonds is 4. The summed E-state index contributed by atoms with van der Waals surface area (Å²) in [7, 11) is 0. The van der Waals surface area contributed by atoms with Gasteiger partial charge in [-0.15, -0.1) is 5.10 Å². The first-order chi connectivity index (χ1) is 8.75. The van der Waals surface area contributed by atoms with Crippen LogP contribution in [0.25, 0.3) is 0 Å². The molecule has 6 nitrogen and oxygen atoms in total. The predicted molar refractivity (Wildman–Crippen MR) is 66.6 cm³/mol. The van der Waals surface area contributed by atoms with Crippen LogP contribution in [-0.2, 0) is 6.42 Å². The first-order valence-corrected chi connectivity index (χ1v) is 5.75. The molecule has 0 aliphatic heterocycles. The van der Waals surface area contributed by atoms with Crippen molar-refractivity contribution in [3.63, 3.8) is 0 Å². The zero-order chi connectivity index (χ0) is 12.5. The summed E-state index contributed by atoms with van der Waals surface area (Å²) in [6.45, 7) is 0.692. The Bertz CT molecular complexity index is 593. The van der Waals surface area contributed by atoms with Crippen molar-refractivity contribution in [3.05, 3.63) is 51.7 Å². The number of fused-ring (bicyclic) bond motifs is 1. The summed E-state index contributed by atoms with van der Waals surface area (Å²) in [5.74, 6) is 0.346. The molecule has 1 aliphatic carbocycles. The van der Waals surface area contributed by atoms with Gasteiger partial charge in [0.1, 0.15) is 6.20 Å². The fourth-order valence-electron chi connectivity index (χ4n) is 2.33. The molecule has 2 aromatic rings. The van der Waals surface area contributed by atoms with Crippen LogP contribution in [0.2, 0.25) is 0 Å². The van der Waals surface area contributed by atoms with Gasteiger partial charge >= 0.3 is 5.82 Å². The molecule has 92 valence electrons. The maximum absolute atomic E-state index is 10.7. The van der Waals surface area contributed by atoms with Crippen LogP contribution < -0.4 is 5.32 Å². The number of nitrogens with zero attached hydrogens (tertiary/aromatic N) is 2. The second-order valence-corrected chi connectivity index (χ2v) is 4.37. The van der Waals surface area contributed by atoms with Crippen molar-refractivity contribution in [1.82, 2.24) is 10.2 Å². The van der Waals surface area contributed by atoms with Crippen LogP contribution in [0.1, 0.15) is 17.0 Å². The van der Waals surface area contributed by atoms with Gasteiger partial charge < -0.3 is 15.4 Å². The highest BCUT2D eigenvalue weighted by Gasteiger charge is 2.26. The average Bonchev–Trinajstić information content (AvgIpc) is 2.79. The number of aromatic amines is 1. The quantitative estimate of drug-likeness (QED) is 0.637. The number of aromatic nitrogens is 2. The van der Waals surface area contributed by atoms with E-state index in [2.05, 4.69) is 27.6 Å². The van der Waals surface area contributed by atoms with Crippen molar-refractivity contribution in [2.24, 2.45) is 0 Å². The first-order valence-electron chi connectivity index (χ1n) is 5.75. The molecule has 1 aromatic carbocycles. The molecule has 0 bridgehead atoms. The summed E-state index contributed by atoms with van der Waals surface area (Å²) in [4.78, 5) is 10.2. The van der Waals surface area contributed by atoms with E-state index in [4.69, 9.17) is 0 Å². The van der Waals surface area contributed by atoms with E-state index in [1.807, 2.05) is 12.1 Å². The van der Waals surface area contributed by atoms with E-state index in [-0.39, 0.29) is 5.82 Å². The molecule has 1 unspecified atom stereocenters. The lowest BCUT2D eigenvalue weighted by Crippen LogP contribution is -2.24. The molecule has 1 atom stereocenters. The largest absolute Gasteiger partial charge is 0.376 e. The van der Waals surface area contributed by atoms with Crippen molar-refractivity contribution in [3.8, 4) is 0 Å². The lowest BCUT2D eigenvalue weighted by atomic mass is 9.77. The molecule has 1 heterocycles. The fourth-order valence-corrected chi connectivity index (χ4v) is 2.33. The molecule has 0 saturated heterocycles. The standard InChI is InChI=1S/C12H12N4O2/c17-16(18)12-11(7-14-15-12)13-6-9-5-8-3-1-2-4-10(8)9/h1-4,7,9,13H,5-6H2,(H,14,15). The highest BCUT2D eigenvalue weighted by molar-refractivity contribution is 5.56. The molecule has 0 amide bonds. The van der Waals surface area contributed by atoms with E-state index in [0.717, 1.165) is 6.42 Å². The number of nitrogens with one attached hydrogen (secondary N) is 2. The van der Waals surface area contributed by atoms with Gasteiger partial charge in [0, 0.05) is 12.5 Å². The minimum Gasteiger partial charge on any atom is -0.376 e. The lowest BCUT2D eigenvalue weighted by molar-refractivity contribution is -0.388. The Labute approximate surface area is 103 Å². The Kier molecular flexibility index (Phi) is 2.47. The van der Waals surface area contributed by atoms with Crippen LogP contribution >= 0.6 is 0 Å². The van der Waals surface area contributed by atoms with Crippen molar-refractivity contribution in [2.45, 2.75) is 12.3 Å². The summed E-state index contributed by atoms with van der Waals surface area (Å²) in [6, 6.07) is 8.27. The average molecular weight is 244 g/mol. The molecule has 1 aromatic heterocycles. The second-order valence-electron chi connectivity index (χ2n) is 4.37. The SMILES string of the molecule is O=[N+]([O-])c1[nH]ncc1NCC1Cc2ccccc21. The number of H-pyrrole nitrogens is 1. The van der Waals surface area contributed by atoms with Gasteiger partial charge in [-0.2, -0.15) is 0 Å². The van der Waals surface area contributed by atoms with Crippen LogP contribution in [-0.4, -0.2) is 21.7 Å². The fraction of sp³-hybridized carbons (Fsp3) is 0.250. The maximum atomic E-state index is 10.7. The third kappa shape index (κ3) is 1.71. The van der Waals surface area contributed by atoms with Gasteiger partial charge in [-0.3, -0.25) is 0 Å². The summed E-state index contributed by atoms with van der Waals surface area (Å²) >= 11 is 0. The number of hydrogen-bond donors (Lipinski definition) is 2. The number of anilines is 1. The second kappa shape index (κ2) is 4.14. The molecule has 6 heteroatoms. The van der Waals surface area contributed by atoms with E-state index in [9.17, 15) is 10.1 Å². The first kappa shape index (κ1) is 10.8. The minimum atomic E-state index is -0.468. The normalized spacial score (nSPS) is 16.8. The molecule has 0 saturated carbocycles. The molecule has 18 heavy (non-hydrogen) atoms. The zero-order valence-corrected chi connectivity index (χ0v) is 9.59. The van der Waals surface area contributed by atoms with E-state index in [1.165, 1.54) is 17.3 Å². The Hall–Kier alpha value is -2.37. The molecular weight excluding hydrogens is 232 g/mol. The Morgan fingerprint density at radius 3 is 3.11 bits per heavy atom. The predicted octanol–water partition coefficient (Wildman–Crippen LogP) is 2.07. The van der Waals surface area contributed by atoms with Crippen LogP contribution in [0, 0.1) is 10.1 Å². The van der Waals surface area contributed by atoms with E-state index in [1.54, 1.807) is 0 Å². The summed E-state index contributed by atoms with van der Waals surface area (Å²) in [6.07, 6.45) is 2.47. The third-order valence-electron chi connectivity index (χ3n) is 3.30. The van der Waals surface area contributed by atoms with Crippen molar-refractivity contribution in [1.29, 1.82) is 0 Å². The van der Waals surface area contributed by atoms with Crippen molar-refractivity contribution < 1.29 is 4.92 Å². The smallest absolute Gasteiger partial charge is 0.366 e. The van der Waals surface area contributed by atoms with Gasteiger partial charge in [0.2, 0.25) is 0 Å². The van der Waals surface area contributed by atoms with Gasteiger partial charge in [0.25, 0.3) is 0 Å². The summed E-state index contributed by atoms with van der Waals surface area (Å²) < 4.78 is 0. The van der Waals surface area contributed by atoms with Crippen LogP contribution in [0.15, 0.2) is 30.5 Å². The zero-order valence-electron chi connectivity index (χ0n) is 9.59. The highest BCUT2D eigenvalue weighted by Crippen LogP contribution is 2.35. The highest BCUT2D eigenvalue weighted by atomic mass is 16.6. The number of hydrogen-bond acceptors (Lipinski definition) is 4. The Balaban J connectivity index is 1.67. The molecule has 3 rings (SSSR count). The van der Waals surface area contributed by atoms with Gasteiger partial charge in [-0.25, -0.2) is 0 Å². The molecule has 1 aliphatic rings. The minimum absolute atomic E-state index is 0.0809.